The molecule has 0 spiro atoms. The van der Waals surface area contributed by atoms with E-state index in [1.807, 2.05) is 53.4 Å². The number of hydrogen-bond acceptors (Lipinski definition) is 6. The highest BCUT2D eigenvalue weighted by molar-refractivity contribution is 6.18. The van der Waals surface area contributed by atoms with Gasteiger partial charge in [0.05, 0.1) is 35.4 Å². The van der Waals surface area contributed by atoms with Crippen LogP contribution in [0.15, 0.2) is 70.0 Å². The number of allylic oxidation sites excluding steroid dienone is 1. The topological polar surface area (TPSA) is 86.9 Å². The molecule has 2 bridgehead atoms. The molecule has 1 aromatic carbocycles. The Labute approximate surface area is 181 Å². The van der Waals surface area contributed by atoms with Crippen LogP contribution in [0.2, 0.25) is 0 Å². The van der Waals surface area contributed by atoms with Gasteiger partial charge in [-0.1, -0.05) is 18.2 Å². The van der Waals surface area contributed by atoms with Gasteiger partial charge in [0.15, 0.2) is 0 Å². The maximum absolute atomic E-state index is 13.2. The Morgan fingerprint density at radius 1 is 1.16 bits per heavy atom. The molecule has 0 saturated carbocycles. The first kappa shape index (κ1) is 19.4. The number of aliphatic imine (C=N–C) groups is 1. The lowest BCUT2D eigenvalue weighted by molar-refractivity contribution is -0.112. The second kappa shape index (κ2) is 8.69. The Hall–Kier alpha value is -3.52. The van der Waals surface area contributed by atoms with Gasteiger partial charge in [-0.3, -0.25) is 14.8 Å². The summed E-state index contributed by atoms with van der Waals surface area (Å²) in [6, 6.07) is 11.9. The molecule has 1 aromatic heterocycles. The number of rotatable bonds is 4. The monoisotopic (exact) mass is 415 g/mol. The molecular formula is C23H25N7O. The zero-order chi connectivity index (χ0) is 21.0. The number of benzene rings is 1. The summed E-state index contributed by atoms with van der Waals surface area (Å²) in [5.41, 5.74) is 3.09. The van der Waals surface area contributed by atoms with E-state index in [0.29, 0.717) is 29.6 Å². The molecule has 3 aliphatic rings. The van der Waals surface area contributed by atoms with Crippen molar-refractivity contribution in [3.8, 4) is 5.69 Å². The molecule has 1 unspecified atom stereocenters. The van der Waals surface area contributed by atoms with Crippen LogP contribution < -0.4 is 10.6 Å². The predicted molar refractivity (Wildman–Crippen MR) is 122 cm³/mol. The predicted octanol–water partition coefficient (Wildman–Crippen LogP) is 2.82. The molecule has 0 aliphatic carbocycles. The first-order valence-electron chi connectivity index (χ1n) is 10.7. The van der Waals surface area contributed by atoms with Crippen LogP contribution in [0.3, 0.4) is 0 Å². The van der Waals surface area contributed by atoms with Crippen LogP contribution in [0.1, 0.15) is 30.9 Å². The van der Waals surface area contributed by atoms with Gasteiger partial charge in [-0.05, 0) is 50.6 Å². The van der Waals surface area contributed by atoms with E-state index in [1.165, 1.54) is 0 Å². The van der Waals surface area contributed by atoms with Gasteiger partial charge < -0.3 is 10.6 Å². The largest absolute Gasteiger partial charge is 0.317 e. The maximum atomic E-state index is 13.2. The Balaban J connectivity index is 1.47. The third-order valence-corrected chi connectivity index (χ3v) is 5.74. The van der Waals surface area contributed by atoms with Crippen molar-refractivity contribution in [2.45, 2.75) is 25.2 Å². The summed E-state index contributed by atoms with van der Waals surface area (Å²) < 4.78 is 1.82. The number of amides is 1. The number of para-hydroxylation sites is 1. The number of carbonyl (C=O) groups excluding carboxylic acids is 1. The van der Waals surface area contributed by atoms with Crippen LogP contribution in [-0.2, 0) is 4.79 Å². The lowest BCUT2D eigenvalue weighted by Gasteiger charge is -2.19. The number of aromatic nitrogens is 2. The molecule has 8 nitrogen and oxygen atoms in total. The first-order valence-corrected chi connectivity index (χ1v) is 10.7. The normalized spacial score (nSPS) is 20.5. The van der Waals surface area contributed by atoms with Gasteiger partial charge in [-0.15, -0.1) is 0 Å². The number of carbonyl (C=O) groups is 1. The van der Waals surface area contributed by atoms with Crippen LogP contribution in [0.4, 0.5) is 5.82 Å². The van der Waals surface area contributed by atoms with Crippen molar-refractivity contribution >= 4 is 24.2 Å². The van der Waals surface area contributed by atoms with Crippen molar-refractivity contribution in [1.82, 2.24) is 20.1 Å². The van der Waals surface area contributed by atoms with Crippen LogP contribution in [0.25, 0.3) is 5.69 Å². The van der Waals surface area contributed by atoms with E-state index in [4.69, 9.17) is 5.10 Å². The van der Waals surface area contributed by atoms with Crippen LogP contribution in [0, 0.1) is 0 Å². The first-order chi connectivity index (χ1) is 15.3. The third-order valence-electron chi connectivity index (χ3n) is 5.74. The number of hydrogen-bond donors (Lipinski definition) is 2. The summed E-state index contributed by atoms with van der Waals surface area (Å²) in [6.07, 6.45) is 10.2. The van der Waals surface area contributed by atoms with Crippen LogP contribution >= 0.6 is 0 Å². The number of nitrogens with zero attached hydrogens (tertiary/aromatic N) is 5. The molecular weight excluding hydrogens is 390 g/mol. The minimum atomic E-state index is -0.233. The molecule has 1 fully saturated rings. The summed E-state index contributed by atoms with van der Waals surface area (Å²) in [7, 11) is 0. The Kier molecular flexibility index (Phi) is 5.45. The molecule has 5 rings (SSSR count). The average molecular weight is 416 g/mol. The van der Waals surface area contributed by atoms with E-state index in [1.54, 1.807) is 17.4 Å². The standard InChI is InChI=1S/C23H25N7O/c31-23(19-15-26-29-13-5-11-25-21(19)16-29)27-22-14-20(17-6-4-10-24-12-9-17)28-30(22)18-7-2-1-3-8-18/h1-3,5,7-8,11,13-15,17,24H,4,6,9-10,12,16H2,(H,27,31). The molecule has 2 N–H and O–H groups in total. The fourth-order valence-corrected chi connectivity index (χ4v) is 4.10. The fourth-order valence-electron chi connectivity index (χ4n) is 4.10. The van der Waals surface area contributed by atoms with E-state index >= 15 is 0 Å². The van der Waals surface area contributed by atoms with Gasteiger partial charge in [0.25, 0.3) is 5.91 Å². The second-order valence-corrected chi connectivity index (χ2v) is 7.86. The molecule has 2 aromatic rings. The smallest absolute Gasteiger partial charge is 0.260 e. The van der Waals surface area contributed by atoms with Gasteiger partial charge in [-0.25, -0.2) is 4.68 Å². The highest BCUT2D eigenvalue weighted by Gasteiger charge is 2.24. The van der Waals surface area contributed by atoms with Crippen molar-refractivity contribution in [2.75, 3.05) is 25.0 Å². The van der Waals surface area contributed by atoms with E-state index in [0.717, 1.165) is 43.7 Å². The Morgan fingerprint density at radius 2 is 2.06 bits per heavy atom. The number of nitrogens with one attached hydrogen (secondary N) is 2. The van der Waals surface area contributed by atoms with Crippen LogP contribution in [-0.4, -0.2) is 52.8 Å². The summed E-state index contributed by atoms with van der Waals surface area (Å²) in [4.78, 5) is 17.6. The minimum absolute atomic E-state index is 0.233. The number of hydrazone groups is 1. The second-order valence-electron chi connectivity index (χ2n) is 7.86. The Bertz CT molecular complexity index is 1070. The average Bonchev–Trinajstić information content (AvgIpc) is 2.95. The zero-order valence-electron chi connectivity index (χ0n) is 17.2. The molecule has 31 heavy (non-hydrogen) atoms. The molecule has 158 valence electrons. The summed E-state index contributed by atoms with van der Waals surface area (Å²) in [5, 5.41) is 17.5. The molecule has 3 aliphatic heterocycles. The van der Waals surface area contributed by atoms with Crippen LogP contribution in [0.5, 0.6) is 0 Å². The SMILES string of the molecule is O=C(Nc1cc(C2CCCNCC2)nn1-c1ccccc1)C1=C2CN(C=CC=N2)N=C1. The molecule has 8 heteroatoms. The molecule has 1 saturated heterocycles. The Morgan fingerprint density at radius 3 is 2.97 bits per heavy atom. The summed E-state index contributed by atoms with van der Waals surface area (Å²) in [5.74, 6) is 0.798. The highest BCUT2D eigenvalue weighted by atomic mass is 16.1. The van der Waals surface area contributed by atoms with E-state index in [9.17, 15) is 4.79 Å². The number of fused-ring (bicyclic) bond motifs is 2. The van der Waals surface area contributed by atoms with Crippen molar-refractivity contribution < 1.29 is 4.79 Å². The lowest BCUT2D eigenvalue weighted by atomic mass is 9.97. The third kappa shape index (κ3) is 4.20. The zero-order valence-corrected chi connectivity index (χ0v) is 17.2. The van der Waals surface area contributed by atoms with Gasteiger partial charge in [0.2, 0.25) is 0 Å². The minimum Gasteiger partial charge on any atom is -0.317 e. The van der Waals surface area contributed by atoms with E-state index < -0.39 is 0 Å². The summed E-state index contributed by atoms with van der Waals surface area (Å²) >= 11 is 0. The molecule has 4 heterocycles. The van der Waals surface area contributed by atoms with Crippen molar-refractivity contribution in [2.24, 2.45) is 10.1 Å². The van der Waals surface area contributed by atoms with E-state index in [2.05, 4.69) is 20.7 Å². The van der Waals surface area contributed by atoms with E-state index in [-0.39, 0.29) is 5.91 Å². The number of anilines is 1. The van der Waals surface area contributed by atoms with Crippen molar-refractivity contribution in [3.05, 3.63) is 65.6 Å². The fraction of sp³-hybridized carbons (Fsp3) is 0.304. The van der Waals surface area contributed by atoms with Crippen molar-refractivity contribution in [3.63, 3.8) is 0 Å². The molecule has 1 amide bonds. The maximum Gasteiger partial charge on any atom is 0.260 e. The van der Waals surface area contributed by atoms with Gasteiger partial charge in [-0.2, -0.15) is 10.2 Å². The lowest BCUT2D eigenvalue weighted by Crippen LogP contribution is -2.26. The molecule has 0 radical (unpaired) electrons. The van der Waals surface area contributed by atoms with Gasteiger partial charge >= 0.3 is 0 Å². The quantitative estimate of drug-likeness (QED) is 0.804. The van der Waals surface area contributed by atoms with Crippen molar-refractivity contribution in [1.29, 1.82) is 0 Å². The molecule has 1 atom stereocenters. The summed E-state index contributed by atoms with van der Waals surface area (Å²) in [6.45, 7) is 2.51. The van der Waals surface area contributed by atoms with Gasteiger partial charge in [0.1, 0.15) is 5.82 Å². The highest BCUT2D eigenvalue weighted by Crippen LogP contribution is 2.29. The van der Waals surface area contributed by atoms with Gasteiger partial charge in [0, 0.05) is 24.4 Å².